The maximum Gasteiger partial charge on any atom is 0.0602 e. The zero-order chi connectivity index (χ0) is 12.3. The van der Waals surface area contributed by atoms with Gasteiger partial charge in [0.2, 0.25) is 0 Å². The first kappa shape index (κ1) is 11.5. The molecule has 0 aliphatic rings. The second-order valence-electron chi connectivity index (χ2n) is 4.26. The summed E-state index contributed by atoms with van der Waals surface area (Å²) in [5, 5.41) is 0. The van der Waals surface area contributed by atoms with Gasteiger partial charge in [-0.3, -0.25) is 0 Å². The van der Waals surface area contributed by atoms with Gasteiger partial charge in [0.25, 0.3) is 0 Å². The van der Waals surface area contributed by atoms with Crippen molar-refractivity contribution in [2.75, 3.05) is 17.7 Å². The number of nitrogen functional groups attached to an aromatic ring is 1. The fourth-order valence-corrected chi connectivity index (χ4v) is 1.97. The van der Waals surface area contributed by atoms with Crippen LogP contribution >= 0.6 is 0 Å². The standard InChI is InChI=1S/C15H18N2/c1-12(13-8-4-3-5-9-13)17(2)15-11-7-6-10-14(15)16/h3-12H,16H2,1-2H3. The number of rotatable bonds is 3. The molecule has 0 aliphatic heterocycles. The lowest BCUT2D eigenvalue weighted by atomic mass is 10.1. The van der Waals surface area contributed by atoms with Gasteiger partial charge < -0.3 is 10.6 Å². The highest BCUT2D eigenvalue weighted by Gasteiger charge is 2.13. The summed E-state index contributed by atoms with van der Waals surface area (Å²) in [6, 6.07) is 18.7. The molecule has 0 radical (unpaired) electrons. The summed E-state index contributed by atoms with van der Waals surface area (Å²) in [6.07, 6.45) is 0. The average molecular weight is 226 g/mol. The van der Waals surface area contributed by atoms with Crippen LogP contribution in [0, 0.1) is 0 Å². The summed E-state index contributed by atoms with van der Waals surface area (Å²) < 4.78 is 0. The van der Waals surface area contributed by atoms with Crippen LogP contribution in [0.15, 0.2) is 54.6 Å². The Morgan fingerprint density at radius 2 is 1.53 bits per heavy atom. The fraction of sp³-hybridized carbons (Fsp3) is 0.200. The lowest BCUT2D eigenvalue weighted by molar-refractivity contribution is 0.741. The molecule has 1 atom stereocenters. The third kappa shape index (κ3) is 2.41. The SMILES string of the molecule is CC(c1ccccc1)N(C)c1ccccc1N. The zero-order valence-electron chi connectivity index (χ0n) is 10.3. The van der Waals surface area contributed by atoms with E-state index in [-0.39, 0.29) is 0 Å². The Bertz CT molecular complexity index is 479. The quantitative estimate of drug-likeness (QED) is 0.812. The molecule has 0 fully saturated rings. The maximum absolute atomic E-state index is 6.00. The summed E-state index contributed by atoms with van der Waals surface area (Å²) in [5.74, 6) is 0. The van der Waals surface area contributed by atoms with E-state index in [9.17, 15) is 0 Å². The molecule has 0 saturated heterocycles. The van der Waals surface area contributed by atoms with Crippen LogP contribution in [0.3, 0.4) is 0 Å². The molecule has 0 bridgehead atoms. The number of nitrogens with two attached hydrogens (primary N) is 1. The number of anilines is 2. The number of hydrogen-bond donors (Lipinski definition) is 1. The van der Waals surface area contributed by atoms with Gasteiger partial charge >= 0.3 is 0 Å². The molecular formula is C15H18N2. The smallest absolute Gasteiger partial charge is 0.0602 e. The largest absolute Gasteiger partial charge is 0.397 e. The fourth-order valence-electron chi connectivity index (χ4n) is 1.97. The third-order valence-electron chi connectivity index (χ3n) is 3.18. The van der Waals surface area contributed by atoms with Crippen LogP contribution < -0.4 is 10.6 Å². The van der Waals surface area contributed by atoms with Gasteiger partial charge in [-0.05, 0) is 24.6 Å². The second kappa shape index (κ2) is 4.91. The van der Waals surface area contributed by atoms with Gasteiger partial charge in [-0.1, -0.05) is 42.5 Å². The van der Waals surface area contributed by atoms with Crippen LogP contribution in [0.1, 0.15) is 18.5 Å². The Balaban J connectivity index is 2.27. The van der Waals surface area contributed by atoms with Crippen molar-refractivity contribution in [2.45, 2.75) is 13.0 Å². The van der Waals surface area contributed by atoms with Gasteiger partial charge in [0.05, 0.1) is 17.4 Å². The molecule has 2 rings (SSSR count). The van der Waals surface area contributed by atoms with E-state index in [1.807, 2.05) is 24.3 Å². The highest BCUT2D eigenvalue weighted by molar-refractivity contribution is 5.67. The van der Waals surface area contributed by atoms with Gasteiger partial charge in [-0.15, -0.1) is 0 Å². The van der Waals surface area contributed by atoms with Crippen LogP contribution in [0.4, 0.5) is 11.4 Å². The molecule has 2 aromatic carbocycles. The third-order valence-corrected chi connectivity index (χ3v) is 3.18. The van der Waals surface area contributed by atoms with E-state index in [0.29, 0.717) is 6.04 Å². The van der Waals surface area contributed by atoms with Gasteiger partial charge in [0, 0.05) is 7.05 Å². The molecule has 88 valence electrons. The Morgan fingerprint density at radius 3 is 2.18 bits per heavy atom. The van der Waals surface area contributed by atoms with Crippen molar-refractivity contribution in [3.05, 3.63) is 60.2 Å². The first-order chi connectivity index (χ1) is 8.20. The summed E-state index contributed by atoms with van der Waals surface area (Å²) in [7, 11) is 2.07. The first-order valence-corrected chi connectivity index (χ1v) is 5.82. The summed E-state index contributed by atoms with van der Waals surface area (Å²) in [5.41, 5.74) is 9.18. The summed E-state index contributed by atoms with van der Waals surface area (Å²) in [4.78, 5) is 2.20. The molecule has 0 heterocycles. The number of para-hydroxylation sites is 2. The van der Waals surface area contributed by atoms with E-state index in [1.54, 1.807) is 0 Å². The van der Waals surface area contributed by atoms with Crippen molar-refractivity contribution in [1.82, 2.24) is 0 Å². The highest BCUT2D eigenvalue weighted by atomic mass is 15.1. The Labute approximate surface area is 103 Å². The monoisotopic (exact) mass is 226 g/mol. The van der Waals surface area contributed by atoms with Crippen molar-refractivity contribution in [1.29, 1.82) is 0 Å². The Morgan fingerprint density at radius 1 is 0.941 bits per heavy atom. The van der Waals surface area contributed by atoms with E-state index in [0.717, 1.165) is 11.4 Å². The summed E-state index contributed by atoms with van der Waals surface area (Å²) in [6.45, 7) is 2.18. The van der Waals surface area contributed by atoms with E-state index >= 15 is 0 Å². The zero-order valence-corrected chi connectivity index (χ0v) is 10.3. The van der Waals surface area contributed by atoms with E-state index in [4.69, 9.17) is 5.73 Å². The minimum atomic E-state index is 0.306. The second-order valence-corrected chi connectivity index (χ2v) is 4.26. The first-order valence-electron chi connectivity index (χ1n) is 5.82. The molecule has 2 N–H and O–H groups in total. The molecule has 2 aromatic rings. The van der Waals surface area contributed by atoms with Crippen molar-refractivity contribution in [3.63, 3.8) is 0 Å². The van der Waals surface area contributed by atoms with Crippen molar-refractivity contribution >= 4 is 11.4 Å². The van der Waals surface area contributed by atoms with Crippen molar-refractivity contribution < 1.29 is 0 Å². The van der Waals surface area contributed by atoms with Crippen LogP contribution in [-0.4, -0.2) is 7.05 Å². The Kier molecular flexibility index (Phi) is 3.33. The molecule has 0 aromatic heterocycles. The Hall–Kier alpha value is -1.96. The number of benzene rings is 2. The highest BCUT2D eigenvalue weighted by Crippen LogP contribution is 2.29. The van der Waals surface area contributed by atoms with Gasteiger partial charge in [-0.2, -0.15) is 0 Å². The molecule has 0 saturated carbocycles. The lowest BCUT2D eigenvalue weighted by Crippen LogP contribution is -2.22. The molecule has 2 nitrogen and oxygen atoms in total. The van der Waals surface area contributed by atoms with E-state index < -0.39 is 0 Å². The molecule has 17 heavy (non-hydrogen) atoms. The minimum Gasteiger partial charge on any atom is -0.397 e. The topological polar surface area (TPSA) is 29.3 Å². The van der Waals surface area contributed by atoms with Crippen molar-refractivity contribution in [2.24, 2.45) is 0 Å². The van der Waals surface area contributed by atoms with E-state index in [1.165, 1.54) is 5.56 Å². The lowest BCUT2D eigenvalue weighted by Gasteiger charge is -2.28. The predicted molar refractivity (Wildman–Crippen MR) is 74.1 cm³/mol. The van der Waals surface area contributed by atoms with Crippen LogP contribution in [-0.2, 0) is 0 Å². The average Bonchev–Trinajstić information content (AvgIpc) is 2.39. The summed E-state index contributed by atoms with van der Waals surface area (Å²) >= 11 is 0. The molecule has 0 amide bonds. The normalized spacial score (nSPS) is 12.1. The number of hydrogen-bond acceptors (Lipinski definition) is 2. The predicted octanol–water partition coefficient (Wildman–Crippen LogP) is 3.47. The maximum atomic E-state index is 6.00. The van der Waals surface area contributed by atoms with Crippen LogP contribution in [0.2, 0.25) is 0 Å². The van der Waals surface area contributed by atoms with E-state index in [2.05, 4.69) is 49.2 Å². The van der Waals surface area contributed by atoms with Gasteiger partial charge in [0.1, 0.15) is 0 Å². The van der Waals surface area contributed by atoms with Crippen molar-refractivity contribution in [3.8, 4) is 0 Å². The molecule has 0 aliphatic carbocycles. The number of nitrogens with zero attached hydrogens (tertiary/aromatic N) is 1. The molecule has 2 heteroatoms. The van der Waals surface area contributed by atoms with Crippen LogP contribution in [0.25, 0.3) is 0 Å². The molecular weight excluding hydrogens is 208 g/mol. The minimum absolute atomic E-state index is 0.306. The van der Waals surface area contributed by atoms with Gasteiger partial charge in [0.15, 0.2) is 0 Å². The van der Waals surface area contributed by atoms with Crippen LogP contribution in [0.5, 0.6) is 0 Å². The molecule has 0 spiro atoms. The van der Waals surface area contributed by atoms with Gasteiger partial charge in [-0.25, -0.2) is 0 Å². The molecule has 1 unspecified atom stereocenters.